The zero-order valence-corrected chi connectivity index (χ0v) is 28.9. The van der Waals surface area contributed by atoms with Crippen LogP contribution < -0.4 is 4.74 Å². The molecule has 1 unspecified atom stereocenters. The van der Waals surface area contributed by atoms with E-state index in [9.17, 15) is 31.5 Å². The monoisotopic (exact) mass is 734 g/mol. The lowest BCUT2D eigenvalue weighted by Gasteiger charge is -2.13. The summed E-state index contributed by atoms with van der Waals surface area (Å²) in [6.45, 7) is 9.32. The first-order valence-corrected chi connectivity index (χ1v) is 16.7. The van der Waals surface area contributed by atoms with Gasteiger partial charge in [0.15, 0.2) is 0 Å². The smallest absolute Gasteiger partial charge is 0.313 e. The second kappa shape index (κ2) is 30.1. The number of ether oxygens (including phenoxy) is 10. The Morgan fingerprint density at radius 1 is 0.500 bits per heavy atom. The maximum Gasteiger partial charge on any atom is 0.313 e. The maximum absolute atomic E-state index is 13.5. The summed E-state index contributed by atoms with van der Waals surface area (Å²) in [6, 6.07) is 0. The van der Waals surface area contributed by atoms with Crippen LogP contribution in [0.5, 0.6) is 5.75 Å². The predicted molar refractivity (Wildman–Crippen MR) is 167 cm³/mol. The van der Waals surface area contributed by atoms with Crippen molar-refractivity contribution in [2.45, 2.75) is 46.0 Å². The van der Waals surface area contributed by atoms with E-state index in [4.69, 9.17) is 42.6 Å². The van der Waals surface area contributed by atoms with Crippen LogP contribution in [0.4, 0.5) is 22.0 Å². The third-order valence-electron chi connectivity index (χ3n) is 6.64. The van der Waals surface area contributed by atoms with Gasteiger partial charge in [-0.15, -0.1) is 0 Å². The lowest BCUT2D eigenvalue weighted by Crippen LogP contribution is -2.20. The Balaban J connectivity index is 1.79. The molecule has 12 nitrogen and oxygen atoms in total. The number of unbranched alkanes of at least 4 members (excludes halogenated alkanes) is 1. The van der Waals surface area contributed by atoms with Crippen LogP contribution in [0.25, 0.3) is 0 Å². The summed E-state index contributed by atoms with van der Waals surface area (Å²) < 4.78 is 119. The molecule has 1 atom stereocenters. The molecule has 0 aromatic heterocycles. The van der Waals surface area contributed by atoms with Gasteiger partial charge in [0.05, 0.1) is 118 Å². The van der Waals surface area contributed by atoms with Crippen molar-refractivity contribution in [3.05, 3.63) is 29.1 Å². The van der Waals surface area contributed by atoms with Gasteiger partial charge in [0.2, 0.25) is 34.8 Å². The summed E-state index contributed by atoms with van der Waals surface area (Å²) in [6.07, 6.45) is 3.24. The maximum atomic E-state index is 13.5. The van der Waals surface area contributed by atoms with Gasteiger partial charge in [-0.1, -0.05) is 26.7 Å². The van der Waals surface area contributed by atoms with E-state index in [1.54, 1.807) is 0 Å². The lowest BCUT2D eigenvalue weighted by molar-refractivity contribution is -0.150. The number of benzene rings is 1. The minimum absolute atomic E-state index is 0.0329. The summed E-state index contributed by atoms with van der Waals surface area (Å²) in [7, 11) is 0. The zero-order valence-electron chi connectivity index (χ0n) is 28.9. The Morgan fingerprint density at radius 2 is 0.840 bits per heavy atom. The highest BCUT2D eigenvalue weighted by molar-refractivity contribution is 5.72. The van der Waals surface area contributed by atoms with Crippen molar-refractivity contribution in [2.75, 3.05) is 112 Å². The fourth-order valence-electron chi connectivity index (χ4n) is 3.89. The van der Waals surface area contributed by atoms with Crippen molar-refractivity contribution in [3.63, 3.8) is 0 Å². The minimum atomic E-state index is -2.35. The van der Waals surface area contributed by atoms with Crippen molar-refractivity contribution >= 4 is 11.9 Å². The first kappa shape index (κ1) is 45.5. The quantitative estimate of drug-likeness (QED) is 0.0251. The van der Waals surface area contributed by atoms with E-state index in [0.29, 0.717) is 79.3 Å². The van der Waals surface area contributed by atoms with Crippen LogP contribution in [0.2, 0.25) is 0 Å². The van der Waals surface area contributed by atoms with Crippen molar-refractivity contribution in [1.82, 2.24) is 0 Å². The van der Waals surface area contributed by atoms with E-state index in [1.807, 2.05) is 6.92 Å². The molecular formula is C33H51F5O12. The van der Waals surface area contributed by atoms with Gasteiger partial charge in [0.25, 0.3) is 0 Å². The van der Waals surface area contributed by atoms with Crippen LogP contribution in [0, 0.1) is 35.0 Å². The van der Waals surface area contributed by atoms with Crippen molar-refractivity contribution < 1.29 is 78.9 Å². The molecule has 0 bridgehead atoms. The molecule has 0 saturated heterocycles. The molecule has 0 amide bonds. The molecule has 17 heteroatoms. The largest absolute Gasteiger partial charge is 0.463 e. The molecule has 0 aliphatic rings. The molecule has 1 rings (SSSR count). The molecule has 0 heterocycles. The van der Waals surface area contributed by atoms with Gasteiger partial charge in [-0.05, 0) is 12.8 Å². The molecule has 0 spiro atoms. The Kier molecular flexibility index (Phi) is 27.4. The van der Waals surface area contributed by atoms with Crippen molar-refractivity contribution in [1.29, 1.82) is 0 Å². The third kappa shape index (κ3) is 21.0. The topological polar surface area (TPSA) is 126 Å². The second-order valence-corrected chi connectivity index (χ2v) is 10.4. The van der Waals surface area contributed by atoms with Gasteiger partial charge in [-0.2, -0.15) is 8.78 Å². The Labute approximate surface area is 290 Å². The highest BCUT2D eigenvalue weighted by Crippen LogP contribution is 2.29. The van der Waals surface area contributed by atoms with Gasteiger partial charge in [-0.25, -0.2) is 13.2 Å². The average Bonchev–Trinajstić information content (AvgIpc) is 3.11. The predicted octanol–water partition coefficient (Wildman–Crippen LogP) is 4.57. The van der Waals surface area contributed by atoms with Gasteiger partial charge >= 0.3 is 11.9 Å². The first-order chi connectivity index (χ1) is 24.2. The van der Waals surface area contributed by atoms with Gasteiger partial charge in [0, 0.05) is 0 Å². The SMILES string of the molecule is CCCCC(CC)C(=O)OCCOCCOCCOCCOCCOCCOCCOCCOCCC(=O)Oc1c(F)c(F)c(F)c(F)c1F. The molecule has 1 aromatic carbocycles. The second-order valence-electron chi connectivity index (χ2n) is 10.4. The molecule has 50 heavy (non-hydrogen) atoms. The number of esters is 2. The zero-order chi connectivity index (χ0) is 36.8. The van der Waals surface area contributed by atoms with Crippen molar-refractivity contribution in [2.24, 2.45) is 5.92 Å². The number of halogens is 5. The van der Waals surface area contributed by atoms with E-state index >= 15 is 0 Å². The molecule has 0 N–H and O–H groups in total. The Bertz CT molecular complexity index is 1020. The van der Waals surface area contributed by atoms with E-state index in [0.717, 1.165) is 25.7 Å². The number of rotatable bonds is 33. The Morgan fingerprint density at radius 3 is 1.20 bits per heavy atom. The van der Waals surface area contributed by atoms with Crippen LogP contribution in [-0.2, 0) is 52.2 Å². The van der Waals surface area contributed by atoms with Gasteiger partial charge < -0.3 is 47.4 Å². The van der Waals surface area contributed by atoms with E-state index in [-0.39, 0.29) is 44.9 Å². The van der Waals surface area contributed by atoms with Crippen LogP contribution in [0.1, 0.15) is 46.0 Å². The standard InChI is InChI=1S/C33H51F5O12/c1-3-5-6-25(4-2)33(40)49-24-23-48-22-21-47-20-19-46-18-17-45-16-15-44-14-13-43-12-11-42-10-9-41-8-7-26(39)50-32-30(37)28(35)27(34)29(36)31(32)38/h25H,3-24H2,1-2H3. The van der Waals surface area contributed by atoms with Crippen LogP contribution in [0.3, 0.4) is 0 Å². The first-order valence-electron chi connectivity index (χ1n) is 16.7. The van der Waals surface area contributed by atoms with Crippen molar-refractivity contribution in [3.8, 4) is 5.75 Å². The molecule has 0 aliphatic carbocycles. The summed E-state index contributed by atoms with van der Waals surface area (Å²) in [5.41, 5.74) is 0. The summed E-state index contributed by atoms with van der Waals surface area (Å²) in [5, 5.41) is 0. The highest BCUT2D eigenvalue weighted by Gasteiger charge is 2.28. The molecule has 1 aromatic rings. The van der Waals surface area contributed by atoms with Crippen LogP contribution in [0.15, 0.2) is 0 Å². The fourth-order valence-corrected chi connectivity index (χ4v) is 3.89. The minimum Gasteiger partial charge on any atom is -0.463 e. The lowest BCUT2D eigenvalue weighted by atomic mass is 10.00. The summed E-state index contributed by atoms with van der Waals surface area (Å²) >= 11 is 0. The molecule has 290 valence electrons. The molecule has 0 fully saturated rings. The third-order valence-corrected chi connectivity index (χ3v) is 6.64. The molecule has 0 radical (unpaired) electrons. The number of hydrogen-bond donors (Lipinski definition) is 0. The molecule has 0 aliphatic heterocycles. The Hall–Kier alpha value is -2.51. The molecular weight excluding hydrogens is 683 g/mol. The molecule has 0 saturated carbocycles. The van der Waals surface area contributed by atoms with Gasteiger partial charge in [0.1, 0.15) is 6.61 Å². The highest BCUT2D eigenvalue weighted by atomic mass is 19.2. The average molecular weight is 735 g/mol. The van der Waals surface area contributed by atoms with E-state index < -0.39 is 47.2 Å². The van der Waals surface area contributed by atoms with Gasteiger partial charge in [-0.3, -0.25) is 9.59 Å². The normalized spacial score (nSPS) is 12.0. The van der Waals surface area contributed by atoms with Crippen LogP contribution >= 0.6 is 0 Å². The number of carbonyl (C=O) groups excluding carboxylic acids is 2. The van der Waals surface area contributed by atoms with Crippen LogP contribution in [-0.4, -0.2) is 124 Å². The fraction of sp³-hybridized carbons (Fsp3) is 0.758. The number of carbonyl (C=O) groups is 2. The van der Waals surface area contributed by atoms with E-state index in [2.05, 4.69) is 11.7 Å². The van der Waals surface area contributed by atoms with E-state index in [1.165, 1.54) is 0 Å². The summed E-state index contributed by atoms with van der Waals surface area (Å²) in [4.78, 5) is 23.6. The number of hydrogen-bond acceptors (Lipinski definition) is 12. The summed E-state index contributed by atoms with van der Waals surface area (Å²) in [5.74, 6) is -14.3.